The molecule has 0 aromatic heterocycles. The fourth-order valence-electron chi connectivity index (χ4n) is 1.52. The number of halogens is 1. The molecule has 1 atom stereocenters. The third-order valence-electron chi connectivity index (χ3n) is 2.62. The van der Waals surface area contributed by atoms with Crippen molar-refractivity contribution in [2.45, 2.75) is 25.4 Å². The maximum Gasteiger partial charge on any atom is 0.326 e. The number of nitrogens with one attached hydrogen (secondary N) is 2. The molecule has 0 saturated carbocycles. The van der Waals surface area contributed by atoms with E-state index in [-0.39, 0.29) is 19.4 Å². The molecule has 1 aromatic carbocycles. The molecule has 0 aliphatic heterocycles. The fraction of sp³-hybridized carbons (Fsp3) is 0.308. The fourth-order valence-corrected chi connectivity index (χ4v) is 1.65. The Balaban J connectivity index is 2.44. The van der Waals surface area contributed by atoms with Crippen LogP contribution in [0.2, 0.25) is 5.02 Å². The van der Waals surface area contributed by atoms with Gasteiger partial charge in [-0.25, -0.2) is 9.59 Å². The monoisotopic (exact) mass is 314 g/mol. The molecule has 114 valence electrons. The van der Waals surface area contributed by atoms with Crippen molar-refractivity contribution in [2.75, 3.05) is 0 Å². The van der Waals surface area contributed by atoms with E-state index in [1.54, 1.807) is 24.3 Å². The summed E-state index contributed by atoms with van der Waals surface area (Å²) in [5.41, 5.74) is 0.798. The zero-order chi connectivity index (χ0) is 15.8. The van der Waals surface area contributed by atoms with E-state index in [1.165, 1.54) is 0 Å². The normalized spacial score (nSPS) is 11.5. The number of aliphatic carboxylic acids is 2. The van der Waals surface area contributed by atoms with Crippen molar-refractivity contribution in [1.29, 1.82) is 0 Å². The molecular formula is C13H15ClN2O5. The Hall–Kier alpha value is -2.28. The van der Waals surface area contributed by atoms with Gasteiger partial charge in [0.1, 0.15) is 6.04 Å². The minimum atomic E-state index is -1.28. The van der Waals surface area contributed by atoms with Crippen molar-refractivity contribution in [3.63, 3.8) is 0 Å². The van der Waals surface area contributed by atoms with Crippen LogP contribution in [0, 0.1) is 0 Å². The van der Waals surface area contributed by atoms with Crippen LogP contribution in [0.4, 0.5) is 4.79 Å². The quantitative estimate of drug-likeness (QED) is 0.608. The highest BCUT2D eigenvalue weighted by molar-refractivity contribution is 6.30. The van der Waals surface area contributed by atoms with Crippen LogP contribution in [0.15, 0.2) is 24.3 Å². The summed E-state index contributed by atoms with van der Waals surface area (Å²) in [7, 11) is 0. The standard InChI is InChI=1S/C13H15ClN2O5/c14-9-3-1-8(2-4-9)7-15-13(21)16-10(12(19)20)5-6-11(17)18/h1-4,10H,5-7H2,(H,17,18)(H,19,20)(H2,15,16,21)/t10-/m0/s1. The Kier molecular flexibility index (Phi) is 6.48. The second kappa shape index (κ2) is 8.11. The minimum absolute atomic E-state index is 0.182. The number of benzene rings is 1. The van der Waals surface area contributed by atoms with E-state index < -0.39 is 24.0 Å². The minimum Gasteiger partial charge on any atom is -0.481 e. The molecule has 0 saturated heterocycles. The molecule has 0 aliphatic carbocycles. The molecule has 1 aromatic rings. The van der Waals surface area contributed by atoms with Crippen LogP contribution in [0.3, 0.4) is 0 Å². The molecule has 0 fully saturated rings. The Morgan fingerprint density at radius 2 is 1.76 bits per heavy atom. The number of carbonyl (C=O) groups is 3. The van der Waals surface area contributed by atoms with Gasteiger partial charge in [-0.3, -0.25) is 4.79 Å². The lowest BCUT2D eigenvalue weighted by Crippen LogP contribution is -2.45. The highest BCUT2D eigenvalue weighted by Crippen LogP contribution is 2.09. The maximum absolute atomic E-state index is 11.6. The molecule has 7 nitrogen and oxygen atoms in total. The topological polar surface area (TPSA) is 116 Å². The first kappa shape index (κ1) is 16.8. The molecule has 0 heterocycles. The van der Waals surface area contributed by atoms with Gasteiger partial charge in [-0.2, -0.15) is 0 Å². The summed E-state index contributed by atoms with van der Waals surface area (Å²) in [6.07, 6.45) is -0.520. The second-order valence-corrected chi connectivity index (χ2v) is 4.71. The van der Waals surface area contributed by atoms with Gasteiger partial charge in [0.15, 0.2) is 0 Å². The summed E-state index contributed by atoms with van der Waals surface area (Å²) in [4.78, 5) is 32.9. The first-order chi connectivity index (χ1) is 9.88. The van der Waals surface area contributed by atoms with Gasteiger partial charge < -0.3 is 20.8 Å². The van der Waals surface area contributed by atoms with Gasteiger partial charge in [0.05, 0.1) is 0 Å². The zero-order valence-corrected chi connectivity index (χ0v) is 11.8. The predicted octanol–water partition coefficient (Wildman–Crippen LogP) is 1.46. The molecule has 0 aliphatic rings. The maximum atomic E-state index is 11.6. The zero-order valence-electron chi connectivity index (χ0n) is 11.0. The molecule has 1 rings (SSSR count). The largest absolute Gasteiger partial charge is 0.481 e. The summed E-state index contributed by atoms with van der Waals surface area (Å²) in [5, 5.41) is 22.7. The van der Waals surface area contributed by atoms with Gasteiger partial charge in [-0.05, 0) is 24.1 Å². The molecule has 8 heteroatoms. The third-order valence-corrected chi connectivity index (χ3v) is 2.87. The summed E-state index contributed by atoms with van der Waals surface area (Å²) in [5.74, 6) is -2.40. The second-order valence-electron chi connectivity index (χ2n) is 4.28. The van der Waals surface area contributed by atoms with Crippen molar-refractivity contribution in [3.8, 4) is 0 Å². The molecule has 0 radical (unpaired) electrons. The molecule has 0 spiro atoms. The van der Waals surface area contributed by atoms with E-state index in [4.69, 9.17) is 21.8 Å². The molecule has 4 N–H and O–H groups in total. The van der Waals surface area contributed by atoms with Gasteiger partial charge in [0, 0.05) is 18.0 Å². The Bertz CT molecular complexity index is 518. The number of carbonyl (C=O) groups excluding carboxylic acids is 1. The number of amides is 2. The van der Waals surface area contributed by atoms with Gasteiger partial charge in [-0.1, -0.05) is 23.7 Å². The summed E-state index contributed by atoms with van der Waals surface area (Å²) < 4.78 is 0. The Morgan fingerprint density at radius 1 is 1.14 bits per heavy atom. The molecule has 0 unspecified atom stereocenters. The lowest BCUT2D eigenvalue weighted by molar-refractivity contribution is -0.140. The molecule has 0 bridgehead atoms. The van der Waals surface area contributed by atoms with Gasteiger partial charge >= 0.3 is 18.0 Å². The number of carboxylic acids is 2. The highest BCUT2D eigenvalue weighted by atomic mass is 35.5. The number of carboxylic acid groups (broad SMARTS) is 2. The Labute approximate surface area is 125 Å². The Morgan fingerprint density at radius 3 is 2.29 bits per heavy atom. The number of hydrogen-bond acceptors (Lipinski definition) is 3. The third kappa shape index (κ3) is 6.62. The van der Waals surface area contributed by atoms with Crippen LogP contribution in [0.1, 0.15) is 18.4 Å². The summed E-state index contributed by atoms with van der Waals surface area (Å²) in [6.45, 7) is 0.203. The van der Waals surface area contributed by atoms with Gasteiger partial charge in [-0.15, -0.1) is 0 Å². The average Bonchev–Trinajstić information content (AvgIpc) is 2.42. The number of rotatable bonds is 7. The van der Waals surface area contributed by atoms with Crippen molar-refractivity contribution >= 4 is 29.6 Å². The molecule has 2 amide bonds. The van der Waals surface area contributed by atoms with Crippen LogP contribution in [-0.2, 0) is 16.1 Å². The van der Waals surface area contributed by atoms with Crippen LogP contribution >= 0.6 is 11.6 Å². The van der Waals surface area contributed by atoms with E-state index >= 15 is 0 Å². The van der Waals surface area contributed by atoms with Crippen molar-refractivity contribution in [1.82, 2.24) is 10.6 Å². The van der Waals surface area contributed by atoms with Gasteiger partial charge in [0.2, 0.25) is 0 Å². The van der Waals surface area contributed by atoms with Crippen LogP contribution < -0.4 is 10.6 Å². The van der Waals surface area contributed by atoms with E-state index in [9.17, 15) is 14.4 Å². The van der Waals surface area contributed by atoms with Crippen molar-refractivity contribution in [2.24, 2.45) is 0 Å². The molecular weight excluding hydrogens is 300 g/mol. The summed E-state index contributed by atoms with van der Waals surface area (Å²) >= 11 is 5.73. The van der Waals surface area contributed by atoms with Gasteiger partial charge in [0.25, 0.3) is 0 Å². The van der Waals surface area contributed by atoms with E-state index in [2.05, 4.69) is 10.6 Å². The highest BCUT2D eigenvalue weighted by Gasteiger charge is 2.20. The average molecular weight is 315 g/mol. The first-order valence-electron chi connectivity index (χ1n) is 6.12. The lowest BCUT2D eigenvalue weighted by Gasteiger charge is -2.14. The van der Waals surface area contributed by atoms with Crippen molar-refractivity contribution < 1.29 is 24.6 Å². The number of hydrogen-bond donors (Lipinski definition) is 4. The van der Waals surface area contributed by atoms with Crippen LogP contribution in [0.25, 0.3) is 0 Å². The van der Waals surface area contributed by atoms with E-state index in [0.29, 0.717) is 5.02 Å². The van der Waals surface area contributed by atoms with E-state index in [0.717, 1.165) is 5.56 Å². The molecule has 21 heavy (non-hydrogen) atoms. The smallest absolute Gasteiger partial charge is 0.326 e. The SMILES string of the molecule is O=C(O)CC[C@H](NC(=O)NCc1ccc(Cl)cc1)C(=O)O. The van der Waals surface area contributed by atoms with Crippen molar-refractivity contribution in [3.05, 3.63) is 34.9 Å². The first-order valence-corrected chi connectivity index (χ1v) is 6.49. The lowest BCUT2D eigenvalue weighted by atomic mass is 10.1. The van der Waals surface area contributed by atoms with Crippen LogP contribution in [0.5, 0.6) is 0 Å². The van der Waals surface area contributed by atoms with E-state index in [1.807, 2.05) is 0 Å². The van der Waals surface area contributed by atoms with Crippen LogP contribution in [-0.4, -0.2) is 34.2 Å². The summed E-state index contributed by atoms with van der Waals surface area (Å²) in [6, 6.07) is 4.87. The number of urea groups is 1. The predicted molar refractivity (Wildman–Crippen MR) is 75.1 cm³/mol.